The predicted molar refractivity (Wildman–Crippen MR) is 85.8 cm³/mol. The highest BCUT2D eigenvalue weighted by Crippen LogP contribution is 2.32. The standard InChI is InChI=1S/C16H29NOS/c1-4-9-16(14-19,10-5-2)13-17(6-3)12-15-8-7-11-18-15/h7-8,11,19H,4-6,9-10,12-14H2,1-3H3. The van der Waals surface area contributed by atoms with Crippen molar-refractivity contribution in [2.45, 2.75) is 53.0 Å². The quantitative estimate of drug-likeness (QED) is 0.631. The minimum atomic E-state index is 0.356. The van der Waals surface area contributed by atoms with Gasteiger partial charge in [-0.2, -0.15) is 12.6 Å². The molecule has 0 unspecified atom stereocenters. The Bertz CT molecular complexity index is 317. The lowest BCUT2D eigenvalue weighted by Crippen LogP contribution is -2.38. The second kappa shape index (κ2) is 8.70. The largest absolute Gasteiger partial charge is 0.468 e. The summed E-state index contributed by atoms with van der Waals surface area (Å²) >= 11 is 4.65. The van der Waals surface area contributed by atoms with Crippen LogP contribution in [-0.2, 0) is 6.54 Å². The topological polar surface area (TPSA) is 16.4 Å². The van der Waals surface area contributed by atoms with Gasteiger partial charge in [0, 0.05) is 6.54 Å². The zero-order valence-electron chi connectivity index (χ0n) is 12.7. The highest BCUT2D eigenvalue weighted by molar-refractivity contribution is 7.80. The van der Waals surface area contributed by atoms with Crippen LogP contribution in [0.25, 0.3) is 0 Å². The molecule has 0 radical (unpaired) electrons. The molecule has 0 saturated carbocycles. The van der Waals surface area contributed by atoms with Gasteiger partial charge in [0.15, 0.2) is 0 Å². The van der Waals surface area contributed by atoms with E-state index in [0.717, 1.165) is 31.1 Å². The molecule has 1 aromatic rings. The Morgan fingerprint density at radius 1 is 1.21 bits per heavy atom. The van der Waals surface area contributed by atoms with Crippen molar-refractivity contribution in [2.75, 3.05) is 18.8 Å². The Balaban J connectivity index is 2.68. The molecule has 0 aliphatic heterocycles. The summed E-state index contributed by atoms with van der Waals surface area (Å²) in [5.41, 5.74) is 0.356. The summed E-state index contributed by atoms with van der Waals surface area (Å²) in [6.07, 6.45) is 6.75. The molecule has 0 aliphatic carbocycles. The summed E-state index contributed by atoms with van der Waals surface area (Å²) in [4.78, 5) is 2.49. The molecule has 0 aliphatic rings. The molecule has 19 heavy (non-hydrogen) atoms. The summed E-state index contributed by atoms with van der Waals surface area (Å²) in [6.45, 7) is 9.86. The third-order valence-corrected chi connectivity index (χ3v) is 4.53. The molecule has 0 saturated heterocycles. The third-order valence-electron chi connectivity index (χ3n) is 3.86. The zero-order chi connectivity index (χ0) is 14.1. The van der Waals surface area contributed by atoms with Crippen LogP contribution in [0, 0.1) is 5.41 Å². The average molecular weight is 283 g/mol. The summed E-state index contributed by atoms with van der Waals surface area (Å²) in [7, 11) is 0. The fraction of sp³-hybridized carbons (Fsp3) is 0.750. The average Bonchev–Trinajstić information content (AvgIpc) is 2.91. The lowest BCUT2D eigenvalue weighted by atomic mass is 9.80. The van der Waals surface area contributed by atoms with Gasteiger partial charge in [-0.25, -0.2) is 0 Å². The maximum atomic E-state index is 5.47. The summed E-state index contributed by atoms with van der Waals surface area (Å²) in [5.74, 6) is 2.03. The summed E-state index contributed by atoms with van der Waals surface area (Å²) in [6, 6.07) is 4.03. The van der Waals surface area contributed by atoms with Crippen LogP contribution < -0.4 is 0 Å². The molecule has 2 nitrogen and oxygen atoms in total. The van der Waals surface area contributed by atoms with E-state index < -0.39 is 0 Å². The Labute approximate surface area is 124 Å². The molecule has 110 valence electrons. The van der Waals surface area contributed by atoms with E-state index in [1.807, 2.05) is 6.07 Å². The molecular formula is C16H29NOS. The molecule has 0 fully saturated rings. The second-order valence-corrected chi connectivity index (χ2v) is 5.86. The van der Waals surface area contributed by atoms with Crippen LogP contribution in [0.15, 0.2) is 22.8 Å². The van der Waals surface area contributed by atoms with Crippen molar-refractivity contribution >= 4 is 12.6 Å². The molecule has 1 aromatic heterocycles. The summed E-state index contributed by atoms with van der Waals surface area (Å²) in [5, 5.41) is 0. The van der Waals surface area contributed by atoms with Crippen LogP contribution in [0.2, 0.25) is 0 Å². The number of furan rings is 1. The van der Waals surface area contributed by atoms with Gasteiger partial charge >= 0.3 is 0 Å². The first kappa shape index (κ1) is 16.6. The summed E-state index contributed by atoms with van der Waals surface area (Å²) < 4.78 is 5.47. The highest BCUT2D eigenvalue weighted by atomic mass is 32.1. The Morgan fingerprint density at radius 2 is 1.89 bits per heavy atom. The maximum Gasteiger partial charge on any atom is 0.117 e. The first-order valence-electron chi connectivity index (χ1n) is 7.55. The zero-order valence-corrected chi connectivity index (χ0v) is 13.6. The van der Waals surface area contributed by atoms with Crippen molar-refractivity contribution < 1.29 is 4.42 Å². The van der Waals surface area contributed by atoms with E-state index in [2.05, 4.69) is 44.4 Å². The van der Waals surface area contributed by atoms with Crippen molar-refractivity contribution in [1.29, 1.82) is 0 Å². The van der Waals surface area contributed by atoms with E-state index in [-0.39, 0.29) is 0 Å². The van der Waals surface area contributed by atoms with Gasteiger partial charge in [0.25, 0.3) is 0 Å². The molecule has 0 aromatic carbocycles. The predicted octanol–water partition coefficient (Wildman–Crippen LogP) is 4.62. The van der Waals surface area contributed by atoms with Crippen molar-refractivity contribution in [3.05, 3.63) is 24.2 Å². The number of hydrogen-bond donors (Lipinski definition) is 1. The molecular weight excluding hydrogens is 254 g/mol. The number of rotatable bonds is 10. The van der Waals surface area contributed by atoms with Crippen LogP contribution in [0.4, 0.5) is 0 Å². The van der Waals surface area contributed by atoms with E-state index in [1.165, 1.54) is 25.7 Å². The molecule has 0 N–H and O–H groups in total. The SMILES string of the molecule is CCCC(CS)(CCC)CN(CC)Cc1ccco1. The Hall–Kier alpha value is -0.410. The number of thiol groups is 1. The number of nitrogens with zero attached hydrogens (tertiary/aromatic N) is 1. The molecule has 0 atom stereocenters. The van der Waals surface area contributed by atoms with Gasteiger partial charge in [0.05, 0.1) is 12.8 Å². The van der Waals surface area contributed by atoms with Crippen molar-refractivity contribution in [2.24, 2.45) is 5.41 Å². The van der Waals surface area contributed by atoms with Crippen LogP contribution in [0.1, 0.15) is 52.2 Å². The molecule has 0 bridgehead atoms. The van der Waals surface area contributed by atoms with E-state index in [0.29, 0.717) is 5.41 Å². The van der Waals surface area contributed by atoms with Crippen molar-refractivity contribution in [3.8, 4) is 0 Å². The molecule has 3 heteroatoms. The normalized spacial score (nSPS) is 12.3. The lowest BCUT2D eigenvalue weighted by molar-refractivity contribution is 0.138. The lowest BCUT2D eigenvalue weighted by Gasteiger charge is -2.37. The van der Waals surface area contributed by atoms with Gasteiger partial charge in [0.2, 0.25) is 0 Å². The molecule has 0 amide bonds. The third kappa shape index (κ3) is 5.23. The van der Waals surface area contributed by atoms with E-state index in [1.54, 1.807) is 6.26 Å². The molecule has 1 heterocycles. The smallest absolute Gasteiger partial charge is 0.117 e. The second-order valence-electron chi connectivity index (χ2n) is 5.54. The molecule has 0 spiro atoms. The minimum absolute atomic E-state index is 0.356. The van der Waals surface area contributed by atoms with Crippen molar-refractivity contribution in [1.82, 2.24) is 4.90 Å². The van der Waals surface area contributed by atoms with Crippen LogP contribution >= 0.6 is 12.6 Å². The Kier molecular flexibility index (Phi) is 7.62. The first-order chi connectivity index (χ1) is 9.19. The van der Waals surface area contributed by atoms with Gasteiger partial charge in [-0.1, -0.05) is 33.6 Å². The van der Waals surface area contributed by atoms with Crippen molar-refractivity contribution in [3.63, 3.8) is 0 Å². The maximum absolute atomic E-state index is 5.47. The van der Waals surface area contributed by atoms with Crippen LogP contribution in [0.5, 0.6) is 0 Å². The van der Waals surface area contributed by atoms with E-state index in [9.17, 15) is 0 Å². The first-order valence-corrected chi connectivity index (χ1v) is 8.18. The molecule has 1 rings (SSSR count). The van der Waals surface area contributed by atoms with Gasteiger partial charge < -0.3 is 4.42 Å². The van der Waals surface area contributed by atoms with Crippen LogP contribution in [-0.4, -0.2) is 23.7 Å². The van der Waals surface area contributed by atoms with Gasteiger partial charge in [-0.05, 0) is 42.7 Å². The monoisotopic (exact) mass is 283 g/mol. The van der Waals surface area contributed by atoms with Gasteiger partial charge in [-0.3, -0.25) is 4.90 Å². The minimum Gasteiger partial charge on any atom is -0.468 e. The van der Waals surface area contributed by atoms with Crippen LogP contribution in [0.3, 0.4) is 0 Å². The number of hydrogen-bond acceptors (Lipinski definition) is 3. The Morgan fingerprint density at radius 3 is 2.32 bits per heavy atom. The van der Waals surface area contributed by atoms with Gasteiger partial charge in [0.1, 0.15) is 5.76 Å². The van der Waals surface area contributed by atoms with E-state index in [4.69, 9.17) is 4.42 Å². The fourth-order valence-electron chi connectivity index (χ4n) is 2.93. The van der Waals surface area contributed by atoms with E-state index >= 15 is 0 Å². The van der Waals surface area contributed by atoms with Gasteiger partial charge in [-0.15, -0.1) is 0 Å². The highest BCUT2D eigenvalue weighted by Gasteiger charge is 2.29. The fourth-order valence-corrected chi connectivity index (χ4v) is 3.34.